The van der Waals surface area contributed by atoms with E-state index in [-0.39, 0.29) is 12.0 Å². The molecule has 0 fully saturated rings. The van der Waals surface area contributed by atoms with Crippen LogP contribution in [0.3, 0.4) is 0 Å². The lowest BCUT2D eigenvalue weighted by Gasteiger charge is -2.05. The summed E-state index contributed by atoms with van der Waals surface area (Å²) in [5.41, 5.74) is 0.952. The third-order valence-electron chi connectivity index (χ3n) is 2.65. The molecule has 0 unspecified atom stereocenters. The van der Waals surface area contributed by atoms with E-state index < -0.39 is 11.6 Å². The van der Waals surface area contributed by atoms with Gasteiger partial charge in [-0.3, -0.25) is 4.79 Å². The lowest BCUT2D eigenvalue weighted by molar-refractivity contribution is -0.143. The highest BCUT2D eigenvalue weighted by Gasteiger charge is 2.14. The highest BCUT2D eigenvalue weighted by atomic mass is 16.7. The van der Waals surface area contributed by atoms with Crippen LogP contribution in [-0.4, -0.2) is 5.97 Å². The Bertz CT molecular complexity index is 630. The topological polar surface area (TPSA) is 82.5 Å². The molecule has 0 bridgehead atoms. The van der Waals surface area contributed by atoms with Gasteiger partial charge >= 0.3 is 11.6 Å². The summed E-state index contributed by atoms with van der Waals surface area (Å²) in [5, 5.41) is 0.798. The van der Waals surface area contributed by atoms with E-state index in [4.69, 9.17) is 10.3 Å². The fraction of sp³-hybridized carbons (Fsp3) is 0.167. The summed E-state index contributed by atoms with van der Waals surface area (Å²) < 4.78 is 5.11. The molecule has 0 aliphatic rings. The molecule has 2 rings (SSSR count). The minimum Gasteiger partial charge on any atom is -0.422 e. The Morgan fingerprint density at radius 1 is 1.41 bits per heavy atom. The largest absolute Gasteiger partial charge is 0.422 e. The Kier molecular flexibility index (Phi) is 2.93. The molecular formula is C12H11NO4. The number of fused-ring (bicyclic) bond motifs is 1. The van der Waals surface area contributed by atoms with E-state index in [0.29, 0.717) is 11.1 Å². The van der Waals surface area contributed by atoms with Crippen LogP contribution in [0, 0.1) is 6.92 Å². The average Bonchev–Trinajstić information content (AvgIpc) is 2.34. The van der Waals surface area contributed by atoms with Gasteiger partial charge in [0.2, 0.25) is 0 Å². The smallest absolute Gasteiger partial charge is 0.340 e. The Balaban J connectivity index is 2.64. The second-order valence-electron chi connectivity index (χ2n) is 3.66. The Hall–Kier alpha value is -2.14. The summed E-state index contributed by atoms with van der Waals surface area (Å²) >= 11 is 0. The van der Waals surface area contributed by atoms with E-state index in [2.05, 4.69) is 4.84 Å². The molecule has 0 amide bonds. The van der Waals surface area contributed by atoms with E-state index in [1.165, 1.54) is 0 Å². The maximum Gasteiger partial charge on any atom is 0.340 e. The predicted molar refractivity (Wildman–Crippen MR) is 61.2 cm³/mol. The molecule has 0 aliphatic carbocycles. The summed E-state index contributed by atoms with van der Waals surface area (Å²) in [4.78, 5) is 26.8. The highest BCUT2D eigenvalue weighted by Crippen LogP contribution is 2.19. The van der Waals surface area contributed by atoms with Crippen LogP contribution in [0.2, 0.25) is 0 Å². The molecule has 2 aromatic rings. The standard InChI is InChI=1S/C12H11NO4/c1-7-8-4-2-3-5-10(8)16-12(15)9(7)6-11(14)17-13/h2-5H,6,13H2,1H3. The van der Waals surface area contributed by atoms with Gasteiger partial charge in [0.25, 0.3) is 0 Å². The quantitative estimate of drug-likeness (QED) is 0.619. The Morgan fingerprint density at radius 3 is 2.82 bits per heavy atom. The zero-order valence-electron chi connectivity index (χ0n) is 9.23. The fourth-order valence-corrected chi connectivity index (χ4v) is 1.73. The van der Waals surface area contributed by atoms with Crippen molar-refractivity contribution in [3.8, 4) is 0 Å². The molecule has 17 heavy (non-hydrogen) atoms. The average molecular weight is 233 g/mol. The number of para-hydroxylation sites is 1. The molecule has 2 N–H and O–H groups in total. The van der Waals surface area contributed by atoms with Crippen LogP contribution in [0.1, 0.15) is 11.1 Å². The number of benzene rings is 1. The van der Waals surface area contributed by atoms with Crippen molar-refractivity contribution in [1.82, 2.24) is 0 Å². The summed E-state index contributed by atoms with van der Waals surface area (Å²) in [6.07, 6.45) is -0.185. The first-order chi connectivity index (χ1) is 8.13. The second-order valence-corrected chi connectivity index (χ2v) is 3.66. The van der Waals surface area contributed by atoms with Gasteiger partial charge in [-0.15, -0.1) is 0 Å². The normalized spacial score (nSPS) is 10.5. The van der Waals surface area contributed by atoms with E-state index in [9.17, 15) is 9.59 Å². The number of carbonyl (C=O) groups excluding carboxylic acids is 1. The van der Waals surface area contributed by atoms with Crippen molar-refractivity contribution < 1.29 is 14.0 Å². The molecule has 5 heteroatoms. The van der Waals surface area contributed by atoms with Gasteiger partial charge in [0.05, 0.1) is 12.0 Å². The van der Waals surface area contributed by atoms with Gasteiger partial charge < -0.3 is 9.25 Å². The molecule has 5 nitrogen and oxygen atoms in total. The van der Waals surface area contributed by atoms with Gasteiger partial charge in [-0.2, -0.15) is 5.90 Å². The van der Waals surface area contributed by atoms with Crippen molar-refractivity contribution in [2.24, 2.45) is 5.90 Å². The maximum absolute atomic E-state index is 11.7. The molecule has 0 spiro atoms. The van der Waals surface area contributed by atoms with Crippen LogP contribution in [0.4, 0.5) is 0 Å². The molecule has 0 atom stereocenters. The number of hydrogen-bond donors (Lipinski definition) is 1. The number of carbonyl (C=O) groups is 1. The number of nitrogens with two attached hydrogens (primary N) is 1. The van der Waals surface area contributed by atoms with Crippen LogP contribution in [0.5, 0.6) is 0 Å². The van der Waals surface area contributed by atoms with Crippen molar-refractivity contribution >= 4 is 16.9 Å². The Morgan fingerprint density at radius 2 is 2.12 bits per heavy atom. The number of rotatable bonds is 2. The van der Waals surface area contributed by atoms with E-state index >= 15 is 0 Å². The van der Waals surface area contributed by atoms with Crippen molar-refractivity contribution in [2.45, 2.75) is 13.3 Å². The molecular weight excluding hydrogens is 222 g/mol. The Labute approximate surface area is 96.7 Å². The molecule has 1 aromatic carbocycles. The second kappa shape index (κ2) is 4.39. The van der Waals surface area contributed by atoms with Crippen molar-refractivity contribution in [2.75, 3.05) is 0 Å². The van der Waals surface area contributed by atoms with Crippen molar-refractivity contribution in [1.29, 1.82) is 0 Å². The van der Waals surface area contributed by atoms with Gasteiger partial charge in [-0.25, -0.2) is 4.79 Å². The minimum atomic E-state index is -0.671. The number of aryl methyl sites for hydroxylation is 1. The predicted octanol–water partition coefficient (Wildman–Crippen LogP) is 1.06. The van der Waals surface area contributed by atoms with E-state index in [0.717, 1.165) is 5.39 Å². The monoisotopic (exact) mass is 233 g/mol. The van der Waals surface area contributed by atoms with Gasteiger partial charge in [0, 0.05) is 5.39 Å². The third-order valence-corrected chi connectivity index (χ3v) is 2.65. The first-order valence-corrected chi connectivity index (χ1v) is 5.04. The third kappa shape index (κ3) is 2.05. The first kappa shape index (κ1) is 11.3. The molecule has 1 aromatic heterocycles. The van der Waals surface area contributed by atoms with Crippen LogP contribution >= 0.6 is 0 Å². The molecule has 0 saturated carbocycles. The van der Waals surface area contributed by atoms with Gasteiger partial charge in [0.1, 0.15) is 5.58 Å². The van der Waals surface area contributed by atoms with Crippen LogP contribution < -0.4 is 11.5 Å². The fourth-order valence-electron chi connectivity index (χ4n) is 1.73. The van der Waals surface area contributed by atoms with Gasteiger partial charge in [-0.05, 0) is 18.6 Å². The summed E-state index contributed by atoms with van der Waals surface area (Å²) in [5.74, 6) is 4.08. The summed E-state index contributed by atoms with van der Waals surface area (Å²) in [6.45, 7) is 1.76. The summed E-state index contributed by atoms with van der Waals surface area (Å²) in [7, 11) is 0. The zero-order valence-corrected chi connectivity index (χ0v) is 9.23. The molecule has 88 valence electrons. The maximum atomic E-state index is 11.7. The minimum absolute atomic E-state index is 0.185. The molecule has 0 aliphatic heterocycles. The van der Waals surface area contributed by atoms with E-state index in [1.54, 1.807) is 19.1 Å². The molecule has 0 saturated heterocycles. The van der Waals surface area contributed by atoms with Crippen LogP contribution in [-0.2, 0) is 16.1 Å². The van der Waals surface area contributed by atoms with E-state index in [1.807, 2.05) is 12.1 Å². The SMILES string of the molecule is Cc1c(CC(=O)ON)c(=O)oc2ccccc12. The van der Waals surface area contributed by atoms with Crippen LogP contribution in [0.15, 0.2) is 33.5 Å². The summed E-state index contributed by atoms with van der Waals surface area (Å²) in [6, 6.07) is 7.14. The van der Waals surface area contributed by atoms with Gasteiger partial charge in [0.15, 0.2) is 0 Å². The zero-order chi connectivity index (χ0) is 12.4. The lowest BCUT2D eigenvalue weighted by Crippen LogP contribution is -2.19. The lowest BCUT2D eigenvalue weighted by atomic mass is 10.0. The van der Waals surface area contributed by atoms with Gasteiger partial charge in [-0.1, -0.05) is 18.2 Å². The van der Waals surface area contributed by atoms with Crippen LogP contribution in [0.25, 0.3) is 11.0 Å². The molecule has 0 radical (unpaired) electrons. The van der Waals surface area contributed by atoms with Crippen molar-refractivity contribution in [3.63, 3.8) is 0 Å². The molecule has 1 heterocycles. The highest BCUT2D eigenvalue weighted by molar-refractivity contribution is 5.82. The van der Waals surface area contributed by atoms with Crippen molar-refractivity contribution in [3.05, 3.63) is 45.8 Å². The first-order valence-electron chi connectivity index (χ1n) is 5.04. The number of hydrogen-bond acceptors (Lipinski definition) is 5.